The lowest BCUT2D eigenvalue weighted by atomic mass is 10.2. The van der Waals surface area contributed by atoms with Gasteiger partial charge in [-0.3, -0.25) is 0 Å². The summed E-state index contributed by atoms with van der Waals surface area (Å²) in [6.45, 7) is 0.589. The van der Waals surface area contributed by atoms with Crippen molar-refractivity contribution in [3.63, 3.8) is 0 Å². The van der Waals surface area contributed by atoms with E-state index in [0.717, 1.165) is 5.56 Å². The number of alkyl halides is 1. The van der Waals surface area contributed by atoms with Crippen LogP contribution >= 0.6 is 15.9 Å². The van der Waals surface area contributed by atoms with E-state index in [0.29, 0.717) is 17.7 Å². The second-order valence-corrected chi connectivity index (χ2v) is 3.08. The first-order valence-corrected chi connectivity index (χ1v) is 4.99. The molecule has 72 valence electrons. The largest absolute Gasteiger partial charge is 0.496 e. The lowest BCUT2D eigenvalue weighted by Gasteiger charge is -2.07. The molecule has 0 amide bonds. The predicted octanol–water partition coefficient (Wildman–Crippen LogP) is 2.28. The number of hydrogen-bond acceptors (Lipinski definition) is 2. The Kier molecular flexibility index (Phi) is 4.18. The highest BCUT2D eigenvalue weighted by molar-refractivity contribution is 9.09. The van der Waals surface area contributed by atoms with E-state index < -0.39 is 0 Å². The fraction of sp³-hybridized carbons (Fsp3) is 0.333. The van der Waals surface area contributed by atoms with Crippen molar-refractivity contribution in [3.8, 4) is 5.75 Å². The minimum Gasteiger partial charge on any atom is -0.496 e. The van der Waals surface area contributed by atoms with Crippen LogP contribution in [0.5, 0.6) is 5.75 Å². The quantitative estimate of drug-likeness (QED) is 0.652. The molecule has 13 heavy (non-hydrogen) atoms. The highest BCUT2D eigenvalue weighted by atomic mass is 79.9. The summed E-state index contributed by atoms with van der Waals surface area (Å²) in [6, 6.07) is 4.48. The maximum Gasteiger partial charge on any atom is 0.123 e. The van der Waals surface area contributed by atoms with Gasteiger partial charge in [0.1, 0.15) is 11.6 Å². The monoisotopic (exact) mass is 247 g/mol. The molecule has 0 bridgehead atoms. The smallest absolute Gasteiger partial charge is 0.123 e. The highest BCUT2D eigenvalue weighted by Gasteiger charge is 2.02. The Hall–Kier alpha value is -0.610. The summed E-state index contributed by atoms with van der Waals surface area (Å²) >= 11 is 3.23. The van der Waals surface area contributed by atoms with Gasteiger partial charge < -0.3 is 10.1 Å². The molecule has 1 N–H and O–H groups in total. The molecular weight excluding hydrogens is 237 g/mol. The van der Waals surface area contributed by atoms with Crippen molar-refractivity contribution in [2.75, 3.05) is 12.6 Å². The van der Waals surface area contributed by atoms with Crippen LogP contribution in [0.15, 0.2) is 18.2 Å². The average molecular weight is 248 g/mol. The standard InChI is InChI=1S/C9H11BrFNO/c1-13-9-3-2-8(11)4-7(9)5-12-6-10/h2-4,12H,5-6H2,1H3. The molecule has 0 aliphatic heterocycles. The van der Waals surface area contributed by atoms with E-state index in [1.54, 1.807) is 13.2 Å². The fourth-order valence-corrected chi connectivity index (χ4v) is 1.27. The first-order valence-electron chi connectivity index (χ1n) is 3.87. The van der Waals surface area contributed by atoms with Crippen molar-refractivity contribution < 1.29 is 9.13 Å². The fourth-order valence-electron chi connectivity index (χ4n) is 1.07. The van der Waals surface area contributed by atoms with Gasteiger partial charge in [0, 0.05) is 12.1 Å². The van der Waals surface area contributed by atoms with Gasteiger partial charge in [0.25, 0.3) is 0 Å². The SMILES string of the molecule is COc1ccc(F)cc1CNCBr. The van der Waals surface area contributed by atoms with Gasteiger partial charge >= 0.3 is 0 Å². The number of nitrogens with one attached hydrogen (secondary N) is 1. The van der Waals surface area contributed by atoms with Crippen LogP contribution in [0.3, 0.4) is 0 Å². The van der Waals surface area contributed by atoms with Gasteiger partial charge in [0.05, 0.1) is 12.6 Å². The van der Waals surface area contributed by atoms with Crippen molar-refractivity contribution >= 4 is 15.9 Å². The van der Waals surface area contributed by atoms with E-state index in [9.17, 15) is 4.39 Å². The molecule has 1 aromatic rings. The number of benzene rings is 1. The van der Waals surface area contributed by atoms with E-state index in [1.165, 1.54) is 12.1 Å². The zero-order chi connectivity index (χ0) is 9.68. The average Bonchev–Trinajstić information content (AvgIpc) is 2.15. The summed E-state index contributed by atoms with van der Waals surface area (Å²) in [5.41, 5.74) is 1.49. The van der Waals surface area contributed by atoms with E-state index in [1.807, 2.05) is 0 Å². The Bertz CT molecular complexity index is 280. The van der Waals surface area contributed by atoms with E-state index in [2.05, 4.69) is 21.2 Å². The van der Waals surface area contributed by atoms with Crippen molar-refractivity contribution in [2.45, 2.75) is 6.54 Å². The topological polar surface area (TPSA) is 21.3 Å². The van der Waals surface area contributed by atoms with Gasteiger partial charge in [-0.1, -0.05) is 15.9 Å². The second-order valence-electron chi connectivity index (χ2n) is 2.52. The lowest BCUT2D eigenvalue weighted by molar-refractivity contribution is 0.407. The molecule has 0 atom stereocenters. The maximum absolute atomic E-state index is 12.8. The first kappa shape index (κ1) is 10.5. The summed E-state index contributed by atoms with van der Waals surface area (Å²) in [6.07, 6.45) is 0. The number of methoxy groups -OCH3 is 1. The molecule has 0 radical (unpaired) electrons. The van der Waals surface area contributed by atoms with Gasteiger partial charge in [-0.15, -0.1) is 0 Å². The summed E-state index contributed by atoms with van der Waals surface area (Å²) in [5.74, 6) is 0.460. The van der Waals surface area contributed by atoms with E-state index in [-0.39, 0.29) is 5.82 Å². The van der Waals surface area contributed by atoms with Crippen LogP contribution in [0.1, 0.15) is 5.56 Å². The minimum atomic E-state index is -0.243. The third kappa shape index (κ3) is 2.97. The number of halogens is 2. The molecule has 1 aromatic carbocycles. The van der Waals surface area contributed by atoms with Gasteiger partial charge in [0.15, 0.2) is 0 Å². The molecule has 0 fully saturated rings. The Labute approximate surface area is 85.2 Å². The second kappa shape index (κ2) is 5.19. The van der Waals surface area contributed by atoms with Crippen molar-refractivity contribution in [3.05, 3.63) is 29.6 Å². The molecular formula is C9H11BrFNO. The molecule has 4 heteroatoms. The molecule has 0 aliphatic carbocycles. The third-order valence-corrected chi connectivity index (χ3v) is 2.05. The minimum absolute atomic E-state index is 0.243. The van der Waals surface area contributed by atoms with Crippen LogP contribution in [0.25, 0.3) is 0 Å². The van der Waals surface area contributed by atoms with Gasteiger partial charge in [-0.25, -0.2) is 4.39 Å². The van der Waals surface area contributed by atoms with E-state index >= 15 is 0 Å². The number of hydrogen-bond donors (Lipinski definition) is 1. The summed E-state index contributed by atoms with van der Waals surface area (Å²) in [5, 5.41) is 3.04. The van der Waals surface area contributed by atoms with Crippen molar-refractivity contribution in [1.82, 2.24) is 5.32 Å². The number of rotatable bonds is 4. The first-order chi connectivity index (χ1) is 6.27. The van der Waals surface area contributed by atoms with Crippen LogP contribution in [-0.2, 0) is 6.54 Å². The van der Waals surface area contributed by atoms with Crippen LogP contribution in [0.4, 0.5) is 4.39 Å². The molecule has 0 spiro atoms. The summed E-state index contributed by atoms with van der Waals surface area (Å²) in [4.78, 5) is 0. The summed E-state index contributed by atoms with van der Waals surface area (Å²) < 4.78 is 17.9. The van der Waals surface area contributed by atoms with Crippen LogP contribution in [-0.4, -0.2) is 12.6 Å². The number of ether oxygens (including phenoxy) is 1. The van der Waals surface area contributed by atoms with Gasteiger partial charge in [-0.2, -0.15) is 0 Å². The van der Waals surface area contributed by atoms with E-state index in [4.69, 9.17) is 4.74 Å². The van der Waals surface area contributed by atoms with Crippen LogP contribution < -0.4 is 10.1 Å². The molecule has 1 rings (SSSR count). The maximum atomic E-state index is 12.8. The predicted molar refractivity (Wildman–Crippen MR) is 53.6 cm³/mol. The Balaban J connectivity index is 2.81. The van der Waals surface area contributed by atoms with Gasteiger partial charge in [-0.05, 0) is 18.2 Å². The Morgan fingerprint density at radius 1 is 1.54 bits per heavy atom. The normalized spacial score (nSPS) is 10.1. The van der Waals surface area contributed by atoms with Crippen LogP contribution in [0, 0.1) is 5.82 Å². The van der Waals surface area contributed by atoms with Crippen molar-refractivity contribution in [1.29, 1.82) is 0 Å². The molecule has 2 nitrogen and oxygen atoms in total. The van der Waals surface area contributed by atoms with Crippen LogP contribution in [0.2, 0.25) is 0 Å². The van der Waals surface area contributed by atoms with Crippen molar-refractivity contribution in [2.24, 2.45) is 0 Å². The molecule has 0 aromatic heterocycles. The Morgan fingerprint density at radius 3 is 2.92 bits per heavy atom. The van der Waals surface area contributed by atoms with Gasteiger partial charge in [0.2, 0.25) is 0 Å². The molecule has 0 aliphatic rings. The molecule has 0 heterocycles. The zero-order valence-electron chi connectivity index (χ0n) is 7.31. The zero-order valence-corrected chi connectivity index (χ0v) is 8.90. The summed E-state index contributed by atoms with van der Waals surface area (Å²) in [7, 11) is 1.57. The molecule has 0 saturated heterocycles. The highest BCUT2D eigenvalue weighted by Crippen LogP contribution is 2.18. The Morgan fingerprint density at radius 2 is 2.31 bits per heavy atom. The molecule has 0 saturated carbocycles. The molecule has 0 unspecified atom stereocenters. The third-order valence-electron chi connectivity index (χ3n) is 1.65. The lowest BCUT2D eigenvalue weighted by Crippen LogP contribution is -2.11.